The average molecular weight is 425 g/mol. The van der Waals surface area contributed by atoms with Crippen LogP contribution in [0.3, 0.4) is 0 Å². The van der Waals surface area contributed by atoms with Crippen molar-refractivity contribution < 1.29 is 14.4 Å². The molecule has 0 saturated heterocycles. The molecule has 144 valence electrons. The second-order valence-electron chi connectivity index (χ2n) is 6.52. The lowest BCUT2D eigenvalue weighted by Gasteiger charge is -2.13. The van der Waals surface area contributed by atoms with Crippen LogP contribution in [-0.4, -0.2) is 22.6 Å². The summed E-state index contributed by atoms with van der Waals surface area (Å²) in [7, 11) is 0. The van der Waals surface area contributed by atoms with Gasteiger partial charge in [-0.05, 0) is 42.0 Å². The maximum Gasteiger partial charge on any atom is 0.261 e. The molecule has 29 heavy (non-hydrogen) atoms. The van der Waals surface area contributed by atoms with E-state index in [1.54, 1.807) is 12.1 Å². The molecule has 0 atom stereocenters. The molecule has 3 aromatic rings. The van der Waals surface area contributed by atoms with Gasteiger partial charge in [-0.25, -0.2) is 0 Å². The van der Waals surface area contributed by atoms with E-state index in [4.69, 9.17) is 23.2 Å². The maximum atomic E-state index is 12.8. The van der Waals surface area contributed by atoms with Crippen molar-refractivity contribution in [1.82, 2.24) is 4.90 Å². The van der Waals surface area contributed by atoms with Crippen LogP contribution in [0.1, 0.15) is 36.6 Å². The molecule has 0 bridgehead atoms. The van der Waals surface area contributed by atoms with Crippen molar-refractivity contribution >= 4 is 46.6 Å². The Labute approximate surface area is 176 Å². The summed E-state index contributed by atoms with van der Waals surface area (Å²) in [6.45, 7) is 0.176. The predicted octanol–water partition coefficient (Wildman–Crippen LogP) is 5.04. The van der Waals surface area contributed by atoms with E-state index in [0.717, 1.165) is 5.56 Å². The summed E-state index contributed by atoms with van der Waals surface area (Å²) in [4.78, 5) is 39.2. The summed E-state index contributed by atoms with van der Waals surface area (Å²) in [5, 5.41) is 3.43. The molecule has 3 aromatic carbocycles. The Bertz CT molecular complexity index is 1150. The molecule has 1 aliphatic rings. The minimum atomic E-state index is -0.446. The van der Waals surface area contributed by atoms with Gasteiger partial charge in [0.1, 0.15) is 0 Å². The maximum absolute atomic E-state index is 12.8. The van der Waals surface area contributed by atoms with Crippen molar-refractivity contribution in [1.29, 1.82) is 0 Å². The summed E-state index contributed by atoms with van der Waals surface area (Å²) in [5.41, 5.74) is 1.98. The Hall–Kier alpha value is -3.15. The normalized spacial score (nSPS) is 12.8. The highest BCUT2D eigenvalue weighted by atomic mass is 35.5. The average Bonchev–Trinajstić information content (AvgIpc) is 2.95. The van der Waals surface area contributed by atoms with Gasteiger partial charge >= 0.3 is 0 Å². The molecule has 0 aromatic heterocycles. The first-order chi connectivity index (χ1) is 13.9. The third-order valence-electron chi connectivity index (χ3n) is 4.60. The zero-order chi connectivity index (χ0) is 20.5. The highest BCUT2D eigenvalue weighted by Crippen LogP contribution is 2.28. The number of hydrogen-bond donors (Lipinski definition) is 1. The number of amides is 3. The van der Waals surface area contributed by atoms with Crippen molar-refractivity contribution in [3.63, 3.8) is 0 Å². The van der Waals surface area contributed by atoms with Gasteiger partial charge in [0.25, 0.3) is 17.7 Å². The number of benzene rings is 3. The fraction of sp³-hybridized carbons (Fsp3) is 0.0455. The number of rotatable bonds is 4. The summed E-state index contributed by atoms with van der Waals surface area (Å²) < 4.78 is 0. The van der Waals surface area contributed by atoms with Crippen LogP contribution in [0.25, 0.3) is 0 Å². The van der Waals surface area contributed by atoms with Gasteiger partial charge < -0.3 is 5.32 Å². The van der Waals surface area contributed by atoms with Gasteiger partial charge in [-0.3, -0.25) is 19.3 Å². The molecule has 0 saturated carbocycles. The number of anilines is 1. The van der Waals surface area contributed by atoms with Gasteiger partial charge in [-0.2, -0.15) is 0 Å². The van der Waals surface area contributed by atoms with Gasteiger partial charge in [0.15, 0.2) is 0 Å². The van der Waals surface area contributed by atoms with E-state index in [-0.39, 0.29) is 29.1 Å². The molecule has 5 nitrogen and oxygen atoms in total. The van der Waals surface area contributed by atoms with Crippen LogP contribution in [-0.2, 0) is 6.54 Å². The lowest BCUT2D eigenvalue weighted by Crippen LogP contribution is -2.29. The van der Waals surface area contributed by atoms with Crippen molar-refractivity contribution in [2.45, 2.75) is 6.54 Å². The SMILES string of the molecule is O=C(Nc1ccc(Cl)cc1Cl)c1ccc2c(c1)C(=O)N(Cc1ccccc1)C2=O. The summed E-state index contributed by atoms with van der Waals surface area (Å²) in [6.07, 6.45) is 0. The number of hydrogen-bond acceptors (Lipinski definition) is 3. The molecule has 0 aliphatic carbocycles. The minimum absolute atomic E-state index is 0.176. The highest BCUT2D eigenvalue weighted by Gasteiger charge is 2.36. The predicted molar refractivity (Wildman–Crippen MR) is 112 cm³/mol. The molecule has 0 radical (unpaired) electrons. The van der Waals surface area contributed by atoms with Crippen LogP contribution < -0.4 is 5.32 Å². The molecule has 1 heterocycles. The minimum Gasteiger partial charge on any atom is -0.321 e. The van der Waals surface area contributed by atoms with Gasteiger partial charge in [0.05, 0.1) is 28.4 Å². The number of halogens is 2. The monoisotopic (exact) mass is 424 g/mol. The lowest BCUT2D eigenvalue weighted by molar-refractivity contribution is 0.0642. The van der Waals surface area contributed by atoms with E-state index < -0.39 is 11.8 Å². The van der Waals surface area contributed by atoms with Crippen LogP contribution in [0.4, 0.5) is 5.69 Å². The number of carbonyl (C=O) groups is 3. The second-order valence-corrected chi connectivity index (χ2v) is 7.36. The Morgan fingerprint density at radius 1 is 0.862 bits per heavy atom. The Morgan fingerprint density at radius 2 is 1.59 bits per heavy atom. The fourth-order valence-electron chi connectivity index (χ4n) is 3.13. The van der Waals surface area contributed by atoms with Crippen molar-refractivity contribution in [2.75, 3.05) is 5.32 Å². The third kappa shape index (κ3) is 3.75. The zero-order valence-electron chi connectivity index (χ0n) is 15.0. The topological polar surface area (TPSA) is 66.5 Å². The second kappa shape index (κ2) is 7.70. The van der Waals surface area contributed by atoms with Gasteiger partial charge in [-0.15, -0.1) is 0 Å². The Kier molecular flexibility index (Phi) is 5.09. The first-order valence-electron chi connectivity index (χ1n) is 8.74. The number of carbonyl (C=O) groups excluding carboxylic acids is 3. The Morgan fingerprint density at radius 3 is 2.31 bits per heavy atom. The van der Waals surface area contributed by atoms with Crippen LogP contribution >= 0.6 is 23.2 Å². The smallest absolute Gasteiger partial charge is 0.261 e. The molecule has 0 fully saturated rings. The molecule has 4 rings (SSSR count). The molecular weight excluding hydrogens is 411 g/mol. The largest absolute Gasteiger partial charge is 0.321 e. The summed E-state index contributed by atoms with van der Waals surface area (Å²) in [5.74, 6) is -1.24. The van der Waals surface area contributed by atoms with E-state index in [2.05, 4.69) is 5.32 Å². The molecule has 0 unspecified atom stereocenters. The van der Waals surface area contributed by atoms with Crippen molar-refractivity contribution in [2.24, 2.45) is 0 Å². The van der Waals surface area contributed by atoms with Crippen LogP contribution in [0, 0.1) is 0 Å². The molecule has 1 aliphatic heterocycles. The lowest BCUT2D eigenvalue weighted by atomic mass is 10.1. The quantitative estimate of drug-likeness (QED) is 0.596. The first-order valence-corrected chi connectivity index (χ1v) is 9.50. The summed E-state index contributed by atoms with van der Waals surface area (Å²) in [6, 6.07) is 18.4. The van der Waals surface area contributed by atoms with Crippen LogP contribution in [0.2, 0.25) is 10.0 Å². The zero-order valence-corrected chi connectivity index (χ0v) is 16.5. The standard InChI is InChI=1S/C22H14Cl2N2O3/c23-15-7-9-19(18(24)11-15)25-20(27)14-6-8-16-17(10-14)22(29)26(21(16)28)12-13-4-2-1-3-5-13/h1-11H,12H2,(H,25,27). The van der Waals surface area contributed by atoms with Crippen LogP contribution in [0.5, 0.6) is 0 Å². The number of imide groups is 1. The van der Waals surface area contributed by atoms with E-state index in [0.29, 0.717) is 15.7 Å². The summed E-state index contributed by atoms with van der Waals surface area (Å²) >= 11 is 12.0. The van der Waals surface area contributed by atoms with Gasteiger partial charge in [0.2, 0.25) is 0 Å². The highest BCUT2D eigenvalue weighted by molar-refractivity contribution is 6.36. The fourth-order valence-corrected chi connectivity index (χ4v) is 3.58. The number of fused-ring (bicyclic) bond motifs is 1. The molecule has 7 heteroatoms. The molecule has 3 amide bonds. The number of nitrogens with zero attached hydrogens (tertiary/aromatic N) is 1. The van der Waals surface area contributed by atoms with Gasteiger partial charge in [-0.1, -0.05) is 53.5 Å². The first kappa shape index (κ1) is 19.2. The molecule has 0 spiro atoms. The van der Waals surface area contributed by atoms with E-state index in [1.807, 2.05) is 30.3 Å². The van der Waals surface area contributed by atoms with E-state index >= 15 is 0 Å². The van der Waals surface area contributed by atoms with Crippen molar-refractivity contribution in [3.8, 4) is 0 Å². The Balaban J connectivity index is 1.57. The third-order valence-corrected chi connectivity index (χ3v) is 5.14. The molecular formula is C22H14Cl2N2O3. The van der Waals surface area contributed by atoms with Gasteiger partial charge in [0, 0.05) is 10.6 Å². The van der Waals surface area contributed by atoms with Crippen molar-refractivity contribution in [3.05, 3.63) is 99.0 Å². The van der Waals surface area contributed by atoms with E-state index in [1.165, 1.54) is 29.2 Å². The molecule has 1 N–H and O–H groups in total. The van der Waals surface area contributed by atoms with E-state index in [9.17, 15) is 14.4 Å². The van der Waals surface area contributed by atoms with Crippen LogP contribution in [0.15, 0.2) is 66.7 Å². The number of nitrogens with one attached hydrogen (secondary N) is 1.